The Hall–Kier alpha value is -0.960. The summed E-state index contributed by atoms with van der Waals surface area (Å²) in [6.07, 6.45) is 2.93. The van der Waals surface area contributed by atoms with E-state index in [-0.39, 0.29) is 12.1 Å². The van der Waals surface area contributed by atoms with Crippen molar-refractivity contribution < 1.29 is 5.11 Å². The summed E-state index contributed by atoms with van der Waals surface area (Å²) in [7, 11) is 0. The number of hydrogen-bond donors (Lipinski definition) is 2. The second kappa shape index (κ2) is 3.65. The van der Waals surface area contributed by atoms with Gasteiger partial charge in [0.05, 0.1) is 12.1 Å². The van der Waals surface area contributed by atoms with Gasteiger partial charge in [-0.3, -0.25) is 4.68 Å². The molecule has 0 aromatic carbocycles. The lowest BCUT2D eigenvalue weighted by Crippen LogP contribution is -2.35. The molecular formula is C11H18N2O. The summed E-state index contributed by atoms with van der Waals surface area (Å²) in [6, 6.07) is 4.40. The first kappa shape index (κ1) is 9.59. The molecule has 1 aliphatic rings. The maximum Gasteiger partial charge on any atom is 0.0756 e. The fourth-order valence-corrected chi connectivity index (χ4v) is 2.13. The Morgan fingerprint density at radius 2 is 1.93 bits per heavy atom. The summed E-state index contributed by atoms with van der Waals surface area (Å²) in [5, 5.41) is 9.69. The van der Waals surface area contributed by atoms with Crippen LogP contribution in [-0.4, -0.2) is 21.9 Å². The van der Waals surface area contributed by atoms with E-state index < -0.39 is 0 Å². The molecule has 1 aromatic rings. The molecule has 1 aromatic heterocycles. The number of nitrogens with one attached hydrogen (secondary N) is 1. The third kappa shape index (κ3) is 1.64. The molecule has 1 aliphatic carbocycles. The predicted molar refractivity (Wildman–Crippen MR) is 56.9 cm³/mol. The van der Waals surface area contributed by atoms with Gasteiger partial charge in [-0.2, -0.15) is 0 Å². The van der Waals surface area contributed by atoms with E-state index in [1.807, 2.05) is 0 Å². The lowest BCUT2D eigenvalue weighted by molar-refractivity contribution is 0.167. The fraction of sp³-hybridized carbons (Fsp3) is 0.636. The van der Waals surface area contributed by atoms with Gasteiger partial charge in [0.2, 0.25) is 0 Å². The van der Waals surface area contributed by atoms with Crippen LogP contribution in [0.5, 0.6) is 0 Å². The average molecular weight is 194 g/mol. The second-order valence-electron chi connectivity index (χ2n) is 4.19. The van der Waals surface area contributed by atoms with Crippen molar-refractivity contribution in [2.24, 2.45) is 0 Å². The van der Waals surface area contributed by atoms with E-state index in [4.69, 9.17) is 0 Å². The number of aromatic nitrogens is 1. The molecule has 0 radical (unpaired) electrons. The summed E-state index contributed by atoms with van der Waals surface area (Å²) in [5.41, 5.74) is 5.77. The van der Waals surface area contributed by atoms with Crippen molar-refractivity contribution in [3.63, 3.8) is 0 Å². The first-order chi connectivity index (χ1) is 6.68. The van der Waals surface area contributed by atoms with E-state index in [1.54, 1.807) is 0 Å². The molecule has 0 unspecified atom stereocenters. The molecule has 2 atom stereocenters. The molecule has 2 rings (SSSR count). The number of aliphatic hydroxyl groups is 1. The van der Waals surface area contributed by atoms with Crippen molar-refractivity contribution in [1.29, 1.82) is 0 Å². The van der Waals surface area contributed by atoms with Gasteiger partial charge >= 0.3 is 0 Å². The van der Waals surface area contributed by atoms with Gasteiger partial charge in [0.15, 0.2) is 0 Å². The molecule has 1 saturated carbocycles. The molecular weight excluding hydrogens is 176 g/mol. The van der Waals surface area contributed by atoms with Crippen LogP contribution in [0.1, 0.15) is 30.7 Å². The van der Waals surface area contributed by atoms with Gasteiger partial charge in [0.1, 0.15) is 0 Å². The minimum absolute atomic E-state index is 0.184. The maximum atomic E-state index is 9.69. The lowest BCUT2D eigenvalue weighted by Gasteiger charge is -2.21. The van der Waals surface area contributed by atoms with Gasteiger partial charge in [-0.1, -0.05) is 0 Å². The van der Waals surface area contributed by atoms with E-state index in [2.05, 4.69) is 36.1 Å². The number of rotatable bonds is 2. The molecule has 14 heavy (non-hydrogen) atoms. The molecule has 0 spiro atoms. The van der Waals surface area contributed by atoms with E-state index >= 15 is 0 Å². The van der Waals surface area contributed by atoms with Crippen molar-refractivity contribution in [3.8, 4) is 0 Å². The quantitative estimate of drug-likeness (QED) is 0.749. The van der Waals surface area contributed by atoms with Gasteiger partial charge in [-0.25, -0.2) is 0 Å². The van der Waals surface area contributed by atoms with Crippen molar-refractivity contribution in [1.82, 2.24) is 4.68 Å². The Bertz CT molecular complexity index is 300. The summed E-state index contributed by atoms with van der Waals surface area (Å²) in [5.74, 6) is 0. The summed E-state index contributed by atoms with van der Waals surface area (Å²) in [4.78, 5) is 0. The van der Waals surface area contributed by atoms with Crippen molar-refractivity contribution in [2.75, 3.05) is 5.43 Å². The summed E-state index contributed by atoms with van der Waals surface area (Å²) in [6.45, 7) is 4.14. The van der Waals surface area contributed by atoms with Crippen LogP contribution in [0.2, 0.25) is 0 Å². The van der Waals surface area contributed by atoms with E-state index in [1.165, 1.54) is 11.4 Å². The highest BCUT2D eigenvalue weighted by atomic mass is 16.3. The van der Waals surface area contributed by atoms with Crippen molar-refractivity contribution >= 4 is 0 Å². The molecule has 1 fully saturated rings. The third-order valence-electron chi connectivity index (χ3n) is 3.05. The van der Waals surface area contributed by atoms with Crippen molar-refractivity contribution in [2.45, 2.75) is 45.3 Å². The topological polar surface area (TPSA) is 37.2 Å². The molecule has 0 amide bonds. The first-order valence-electron chi connectivity index (χ1n) is 5.28. The average Bonchev–Trinajstić information content (AvgIpc) is 2.67. The highest BCUT2D eigenvalue weighted by Gasteiger charge is 2.25. The Morgan fingerprint density at radius 3 is 2.43 bits per heavy atom. The molecule has 78 valence electrons. The normalized spacial score (nSPS) is 26.8. The predicted octanol–water partition coefficient (Wildman–Crippen LogP) is 1.56. The third-order valence-corrected chi connectivity index (χ3v) is 3.05. The standard InChI is InChI=1S/C11H18N2O/c1-8-6-7-9(2)13(8)12-10-4-3-5-11(10)14/h6-7,10-12,14H,3-5H2,1-2H3/t10-,11-/m0/s1. The van der Waals surface area contributed by atoms with Crippen LogP contribution >= 0.6 is 0 Å². The SMILES string of the molecule is Cc1ccc(C)n1N[C@H]1CCC[C@@H]1O. The number of aliphatic hydroxyl groups excluding tert-OH is 1. The van der Waals surface area contributed by atoms with Crippen LogP contribution in [0.25, 0.3) is 0 Å². The van der Waals surface area contributed by atoms with Gasteiger partial charge in [-0.15, -0.1) is 0 Å². The molecule has 0 bridgehead atoms. The number of nitrogens with zero attached hydrogens (tertiary/aromatic N) is 1. The second-order valence-corrected chi connectivity index (χ2v) is 4.19. The molecule has 3 nitrogen and oxygen atoms in total. The fourth-order valence-electron chi connectivity index (χ4n) is 2.13. The largest absolute Gasteiger partial charge is 0.391 e. The van der Waals surface area contributed by atoms with Gasteiger partial charge in [-0.05, 0) is 45.2 Å². The van der Waals surface area contributed by atoms with Crippen LogP contribution in [0.15, 0.2) is 12.1 Å². The van der Waals surface area contributed by atoms with Gasteiger partial charge in [0, 0.05) is 11.4 Å². The molecule has 0 aliphatic heterocycles. The minimum Gasteiger partial charge on any atom is -0.391 e. The van der Waals surface area contributed by atoms with Crippen LogP contribution in [0.4, 0.5) is 0 Å². The van der Waals surface area contributed by atoms with Crippen LogP contribution in [0, 0.1) is 13.8 Å². The summed E-state index contributed by atoms with van der Waals surface area (Å²) >= 11 is 0. The Balaban J connectivity index is 2.10. The van der Waals surface area contributed by atoms with Crippen LogP contribution < -0.4 is 5.43 Å². The first-order valence-corrected chi connectivity index (χ1v) is 5.28. The lowest BCUT2D eigenvalue weighted by atomic mass is 10.2. The smallest absolute Gasteiger partial charge is 0.0756 e. The summed E-state index contributed by atoms with van der Waals surface area (Å²) < 4.78 is 2.07. The zero-order valence-corrected chi connectivity index (χ0v) is 8.83. The number of hydrogen-bond acceptors (Lipinski definition) is 2. The van der Waals surface area contributed by atoms with E-state index in [0.29, 0.717) is 0 Å². The van der Waals surface area contributed by atoms with Gasteiger partial charge < -0.3 is 10.5 Å². The monoisotopic (exact) mass is 194 g/mol. The van der Waals surface area contributed by atoms with Gasteiger partial charge in [0.25, 0.3) is 0 Å². The van der Waals surface area contributed by atoms with Crippen LogP contribution in [-0.2, 0) is 0 Å². The van der Waals surface area contributed by atoms with Crippen LogP contribution in [0.3, 0.4) is 0 Å². The highest BCUT2D eigenvalue weighted by Crippen LogP contribution is 2.20. The zero-order valence-electron chi connectivity index (χ0n) is 8.83. The molecule has 0 saturated heterocycles. The van der Waals surface area contributed by atoms with E-state index in [0.717, 1.165) is 19.3 Å². The zero-order chi connectivity index (χ0) is 10.1. The molecule has 2 N–H and O–H groups in total. The highest BCUT2D eigenvalue weighted by molar-refractivity contribution is 5.16. The minimum atomic E-state index is -0.184. The number of aryl methyl sites for hydroxylation is 2. The van der Waals surface area contributed by atoms with Crippen molar-refractivity contribution in [3.05, 3.63) is 23.5 Å². The Labute approximate surface area is 84.7 Å². The Morgan fingerprint density at radius 1 is 1.29 bits per heavy atom. The molecule has 1 heterocycles. The maximum absolute atomic E-state index is 9.69. The Kier molecular flexibility index (Phi) is 2.50. The van der Waals surface area contributed by atoms with E-state index in [9.17, 15) is 5.11 Å². The molecule has 3 heteroatoms.